The zero-order chi connectivity index (χ0) is 11.4. The Morgan fingerprint density at radius 1 is 1.67 bits per heavy atom. The molecule has 80 valence electrons. The Kier molecular flexibility index (Phi) is 3.47. The number of aromatic nitrogens is 1. The number of hydrogen-bond donors (Lipinski definition) is 2. The van der Waals surface area contributed by atoms with Gasteiger partial charge in [0.1, 0.15) is 11.6 Å². The van der Waals surface area contributed by atoms with E-state index in [1.807, 2.05) is 6.07 Å². The van der Waals surface area contributed by atoms with E-state index in [9.17, 15) is 9.90 Å². The van der Waals surface area contributed by atoms with E-state index in [1.165, 1.54) is 10.6 Å². The van der Waals surface area contributed by atoms with Gasteiger partial charge < -0.3 is 10.4 Å². The Morgan fingerprint density at radius 2 is 2.33 bits per heavy atom. The Morgan fingerprint density at radius 3 is 2.87 bits per heavy atom. The summed E-state index contributed by atoms with van der Waals surface area (Å²) >= 11 is 0. The van der Waals surface area contributed by atoms with Crippen LogP contribution >= 0.6 is 0 Å². The molecular formula is C10H13N3O2. The molecule has 0 aliphatic carbocycles. The first-order valence-electron chi connectivity index (χ1n) is 4.60. The average molecular weight is 207 g/mol. The van der Waals surface area contributed by atoms with Gasteiger partial charge in [0.2, 0.25) is 0 Å². The van der Waals surface area contributed by atoms with Crippen LogP contribution in [0.1, 0.15) is 11.1 Å². The van der Waals surface area contributed by atoms with Crippen molar-refractivity contribution >= 4 is 0 Å². The molecule has 1 heterocycles. The maximum absolute atomic E-state index is 11.7. The summed E-state index contributed by atoms with van der Waals surface area (Å²) in [7, 11) is 1.75. The average Bonchev–Trinajstić information content (AvgIpc) is 2.17. The molecule has 5 nitrogen and oxygen atoms in total. The lowest BCUT2D eigenvalue weighted by atomic mass is 10.1. The van der Waals surface area contributed by atoms with E-state index < -0.39 is 5.56 Å². The second kappa shape index (κ2) is 4.62. The van der Waals surface area contributed by atoms with Crippen LogP contribution in [0.2, 0.25) is 0 Å². The number of nitriles is 1. The molecule has 0 aliphatic rings. The first-order valence-corrected chi connectivity index (χ1v) is 4.60. The third kappa shape index (κ3) is 2.17. The van der Waals surface area contributed by atoms with Crippen molar-refractivity contribution in [3.05, 3.63) is 27.5 Å². The molecule has 0 unspecified atom stereocenters. The van der Waals surface area contributed by atoms with E-state index in [0.29, 0.717) is 18.7 Å². The summed E-state index contributed by atoms with van der Waals surface area (Å²) in [6.45, 7) is 2.53. The lowest BCUT2D eigenvalue weighted by Crippen LogP contribution is -2.27. The highest BCUT2D eigenvalue weighted by Gasteiger charge is 2.10. The first kappa shape index (κ1) is 11.3. The van der Waals surface area contributed by atoms with Crippen LogP contribution in [0.4, 0.5) is 0 Å². The molecule has 0 aliphatic heterocycles. The molecule has 0 bridgehead atoms. The van der Waals surface area contributed by atoms with Gasteiger partial charge >= 0.3 is 0 Å². The molecule has 0 radical (unpaired) electrons. The van der Waals surface area contributed by atoms with Crippen molar-refractivity contribution in [3.63, 3.8) is 0 Å². The van der Waals surface area contributed by atoms with Crippen LogP contribution in [-0.4, -0.2) is 23.3 Å². The lowest BCUT2D eigenvalue weighted by Gasteiger charge is -2.09. The zero-order valence-electron chi connectivity index (χ0n) is 8.74. The van der Waals surface area contributed by atoms with Crippen molar-refractivity contribution in [3.8, 4) is 11.9 Å². The van der Waals surface area contributed by atoms with Crippen molar-refractivity contribution in [2.24, 2.45) is 0 Å². The zero-order valence-corrected chi connectivity index (χ0v) is 8.74. The molecule has 0 fully saturated rings. The van der Waals surface area contributed by atoms with Gasteiger partial charge in [0.15, 0.2) is 5.88 Å². The first-order chi connectivity index (χ1) is 7.11. The van der Waals surface area contributed by atoms with Gasteiger partial charge in [0, 0.05) is 19.2 Å². The van der Waals surface area contributed by atoms with Crippen LogP contribution in [0.15, 0.2) is 10.9 Å². The van der Waals surface area contributed by atoms with E-state index in [2.05, 4.69) is 5.32 Å². The van der Waals surface area contributed by atoms with E-state index >= 15 is 0 Å². The number of nitrogens with zero attached hydrogens (tertiary/aromatic N) is 2. The summed E-state index contributed by atoms with van der Waals surface area (Å²) in [4.78, 5) is 11.7. The SMILES string of the molecule is CNCCn1c(O)cc(C)c(C#N)c1=O. The van der Waals surface area contributed by atoms with Crippen molar-refractivity contribution in [2.75, 3.05) is 13.6 Å². The molecule has 1 rings (SSSR count). The van der Waals surface area contributed by atoms with E-state index in [-0.39, 0.29) is 11.4 Å². The van der Waals surface area contributed by atoms with E-state index in [1.54, 1.807) is 14.0 Å². The van der Waals surface area contributed by atoms with Crippen molar-refractivity contribution in [2.45, 2.75) is 13.5 Å². The Balaban J connectivity index is 3.28. The summed E-state index contributed by atoms with van der Waals surface area (Å²) in [6.07, 6.45) is 0. The fraction of sp³-hybridized carbons (Fsp3) is 0.400. The predicted octanol–water partition coefficient (Wildman–Crippen LogP) is -0.0466. The van der Waals surface area contributed by atoms with Crippen LogP contribution in [0.5, 0.6) is 5.88 Å². The van der Waals surface area contributed by atoms with Crippen molar-refractivity contribution < 1.29 is 5.11 Å². The third-order valence-corrected chi connectivity index (χ3v) is 2.17. The summed E-state index contributed by atoms with van der Waals surface area (Å²) in [5.41, 5.74) is 0.148. The van der Waals surface area contributed by atoms with Crippen molar-refractivity contribution in [1.82, 2.24) is 9.88 Å². The molecule has 0 spiro atoms. The van der Waals surface area contributed by atoms with Gasteiger partial charge in [-0.25, -0.2) is 0 Å². The molecule has 0 amide bonds. The second-order valence-corrected chi connectivity index (χ2v) is 3.23. The molecule has 0 saturated carbocycles. The molecule has 1 aromatic heterocycles. The normalized spacial score (nSPS) is 9.93. The van der Waals surface area contributed by atoms with Gasteiger partial charge in [-0.2, -0.15) is 5.26 Å². The minimum absolute atomic E-state index is 0.0869. The highest BCUT2D eigenvalue weighted by molar-refractivity contribution is 5.37. The summed E-state index contributed by atoms with van der Waals surface area (Å²) in [6, 6.07) is 3.27. The minimum Gasteiger partial charge on any atom is -0.494 e. The molecule has 5 heteroatoms. The summed E-state index contributed by atoms with van der Waals surface area (Å²) in [5, 5.41) is 21.2. The third-order valence-electron chi connectivity index (χ3n) is 2.17. The molecule has 15 heavy (non-hydrogen) atoms. The number of hydrogen-bond acceptors (Lipinski definition) is 4. The topological polar surface area (TPSA) is 78.0 Å². The number of aryl methyl sites for hydroxylation is 1. The minimum atomic E-state index is -0.440. The number of nitrogens with one attached hydrogen (secondary N) is 1. The Hall–Kier alpha value is -1.80. The number of likely N-dealkylation sites (N-methyl/N-ethyl adjacent to an activating group) is 1. The molecule has 1 aromatic rings. The summed E-state index contributed by atoms with van der Waals surface area (Å²) in [5.74, 6) is -0.105. The predicted molar refractivity (Wildman–Crippen MR) is 55.7 cm³/mol. The number of pyridine rings is 1. The van der Waals surface area contributed by atoms with E-state index in [4.69, 9.17) is 5.26 Å². The van der Waals surface area contributed by atoms with Gasteiger partial charge in [-0.3, -0.25) is 9.36 Å². The van der Waals surface area contributed by atoms with Crippen LogP contribution < -0.4 is 10.9 Å². The smallest absolute Gasteiger partial charge is 0.271 e. The quantitative estimate of drug-likeness (QED) is 0.728. The van der Waals surface area contributed by atoms with Gasteiger partial charge in [0.25, 0.3) is 5.56 Å². The van der Waals surface area contributed by atoms with Crippen molar-refractivity contribution in [1.29, 1.82) is 5.26 Å². The van der Waals surface area contributed by atoms with Gasteiger partial charge in [-0.1, -0.05) is 0 Å². The monoisotopic (exact) mass is 207 g/mol. The lowest BCUT2D eigenvalue weighted by molar-refractivity contribution is 0.403. The Bertz CT molecular complexity index is 457. The summed E-state index contributed by atoms with van der Waals surface area (Å²) < 4.78 is 1.18. The fourth-order valence-electron chi connectivity index (χ4n) is 1.33. The maximum atomic E-state index is 11.7. The number of rotatable bonds is 3. The largest absolute Gasteiger partial charge is 0.494 e. The van der Waals surface area contributed by atoms with Gasteiger partial charge in [0.05, 0.1) is 0 Å². The van der Waals surface area contributed by atoms with Crippen LogP contribution in [0.25, 0.3) is 0 Å². The number of aromatic hydroxyl groups is 1. The fourth-order valence-corrected chi connectivity index (χ4v) is 1.33. The van der Waals surface area contributed by atoms with E-state index in [0.717, 1.165) is 0 Å². The molecular weight excluding hydrogens is 194 g/mol. The molecule has 2 N–H and O–H groups in total. The van der Waals surface area contributed by atoms with Gasteiger partial charge in [-0.05, 0) is 19.5 Å². The molecule has 0 aromatic carbocycles. The second-order valence-electron chi connectivity index (χ2n) is 3.23. The maximum Gasteiger partial charge on any atom is 0.271 e. The molecule has 0 saturated heterocycles. The van der Waals surface area contributed by atoms with Crippen LogP contribution in [-0.2, 0) is 6.54 Å². The highest BCUT2D eigenvalue weighted by atomic mass is 16.3. The standard InChI is InChI=1S/C10H13N3O2/c1-7-5-9(14)13(4-3-12-2)10(15)8(7)6-11/h5,12,14H,3-4H2,1-2H3. The molecule has 0 atom stereocenters. The Labute approximate surface area is 87.6 Å². The van der Waals surface area contributed by atoms with Crippen LogP contribution in [0.3, 0.4) is 0 Å². The van der Waals surface area contributed by atoms with Crippen LogP contribution in [0, 0.1) is 18.3 Å². The van der Waals surface area contributed by atoms with Gasteiger partial charge in [-0.15, -0.1) is 0 Å². The highest BCUT2D eigenvalue weighted by Crippen LogP contribution is 2.11.